The standard InChI is InChI=1S/C22H35N5/c1-3-23-22(24-18-21-11-13-25(2)19-21)27-16-14-26(15-17-27)12-7-10-20-8-5-4-6-9-20/h4-10,21H,3,11-19H2,1-2H3,(H,23,24). The third-order valence-corrected chi connectivity index (χ3v) is 5.47. The molecule has 0 spiro atoms. The van der Waals surface area contributed by atoms with Crippen LogP contribution in [0, 0.1) is 5.92 Å². The summed E-state index contributed by atoms with van der Waals surface area (Å²) in [6.45, 7) is 11.7. The third-order valence-electron chi connectivity index (χ3n) is 5.47. The molecule has 1 N–H and O–H groups in total. The third kappa shape index (κ3) is 6.36. The van der Waals surface area contributed by atoms with Gasteiger partial charge in [0.2, 0.25) is 0 Å². The van der Waals surface area contributed by atoms with Crippen molar-refractivity contribution in [3.05, 3.63) is 42.0 Å². The molecular weight excluding hydrogens is 334 g/mol. The average molecular weight is 370 g/mol. The minimum atomic E-state index is 0.716. The van der Waals surface area contributed by atoms with Crippen LogP contribution in [0.5, 0.6) is 0 Å². The molecule has 1 unspecified atom stereocenters. The first-order chi connectivity index (χ1) is 13.2. The Labute approximate surface area is 164 Å². The van der Waals surface area contributed by atoms with E-state index in [1.54, 1.807) is 0 Å². The van der Waals surface area contributed by atoms with Gasteiger partial charge >= 0.3 is 0 Å². The van der Waals surface area contributed by atoms with Gasteiger partial charge in [0, 0.05) is 52.4 Å². The van der Waals surface area contributed by atoms with Gasteiger partial charge in [-0.25, -0.2) is 0 Å². The smallest absolute Gasteiger partial charge is 0.194 e. The van der Waals surface area contributed by atoms with Crippen molar-refractivity contribution in [2.24, 2.45) is 10.9 Å². The van der Waals surface area contributed by atoms with Gasteiger partial charge in [-0.1, -0.05) is 42.5 Å². The summed E-state index contributed by atoms with van der Waals surface area (Å²) >= 11 is 0. The van der Waals surface area contributed by atoms with Crippen LogP contribution in [-0.4, -0.2) is 86.6 Å². The lowest BCUT2D eigenvalue weighted by atomic mass is 10.1. The number of nitrogens with zero attached hydrogens (tertiary/aromatic N) is 4. The van der Waals surface area contributed by atoms with Crippen LogP contribution in [0.2, 0.25) is 0 Å². The van der Waals surface area contributed by atoms with Crippen LogP contribution >= 0.6 is 0 Å². The van der Waals surface area contributed by atoms with E-state index in [0.717, 1.165) is 51.8 Å². The van der Waals surface area contributed by atoms with Gasteiger partial charge in [-0.2, -0.15) is 0 Å². The second-order valence-electron chi connectivity index (χ2n) is 7.71. The van der Waals surface area contributed by atoms with Crippen molar-refractivity contribution >= 4 is 12.0 Å². The Morgan fingerprint density at radius 1 is 1.15 bits per heavy atom. The highest BCUT2D eigenvalue weighted by Crippen LogP contribution is 2.14. The van der Waals surface area contributed by atoms with Crippen LogP contribution in [0.4, 0.5) is 0 Å². The molecule has 0 aromatic heterocycles. The Hall–Kier alpha value is -1.85. The van der Waals surface area contributed by atoms with Gasteiger partial charge in [-0.3, -0.25) is 9.89 Å². The zero-order valence-corrected chi connectivity index (χ0v) is 17.0. The summed E-state index contributed by atoms with van der Waals surface area (Å²) in [5.74, 6) is 1.82. The van der Waals surface area contributed by atoms with Crippen LogP contribution in [0.1, 0.15) is 18.9 Å². The highest BCUT2D eigenvalue weighted by molar-refractivity contribution is 5.80. The molecule has 2 saturated heterocycles. The molecule has 0 radical (unpaired) electrons. The number of aliphatic imine (C=N–C) groups is 1. The van der Waals surface area contributed by atoms with Gasteiger partial charge in [-0.15, -0.1) is 0 Å². The van der Waals surface area contributed by atoms with E-state index in [9.17, 15) is 0 Å². The largest absolute Gasteiger partial charge is 0.357 e. The lowest BCUT2D eigenvalue weighted by molar-refractivity contribution is 0.194. The van der Waals surface area contributed by atoms with Crippen LogP contribution in [0.25, 0.3) is 6.08 Å². The maximum atomic E-state index is 4.95. The van der Waals surface area contributed by atoms with Gasteiger partial charge in [-0.05, 0) is 38.4 Å². The number of hydrogen-bond acceptors (Lipinski definition) is 3. The molecule has 5 heteroatoms. The normalized spacial score (nSPS) is 22.7. The molecule has 0 amide bonds. The summed E-state index contributed by atoms with van der Waals surface area (Å²) in [5.41, 5.74) is 1.27. The maximum absolute atomic E-state index is 4.95. The van der Waals surface area contributed by atoms with Crippen LogP contribution in [0.3, 0.4) is 0 Å². The first kappa shape index (κ1) is 19.9. The Balaban J connectivity index is 1.45. The highest BCUT2D eigenvalue weighted by atomic mass is 15.3. The maximum Gasteiger partial charge on any atom is 0.194 e. The number of nitrogens with one attached hydrogen (secondary N) is 1. The Morgan fingerprint density at radius 3 is 2.59 bits per heavy atom. The van der Waals surface area contributed by atoms with Crippen LogP contribution in [0.15, 0.2) is 41.4 Å². The van der Waals surface area contributed by atoms with Crippen molar-refractivity contribution in [2.75, 3.05) is 66.0 Å². The first-order valence-corrected chi connectivity index (χ1v) is 10.4. The second-order valence-corrected chi connectivity index (χ2v) is 7.71. The fourth-order valence-electron chi connectivity index (χ4n) is 3.86. The predicted molar refractivity (Wildman–Crippen MR) is 115 cm³/mol. The van der Waals surface area contributed by atoms with Gasteiger partial charge in [0.1, 0.15) is 0 Å². The van der Waals surface area contributed by atoms with Crippen LogP contribution in [-0.2, 0) is 0 Å². The molecule has 2 aliphatic heterocycles. The van der Waals surface area contributed by atoms with Gasteiger partial charge in [0.25, 0.3) is 0 Å². The van der Waals surface area contributed by atoms with Crippen molar-refractivity contribution in [3.63, 3.8) is 0 Å². The molecule has 27 heavy (non-hydrogen) atoms. The summed E-state index contributed by atoms with van der Waals surface area (Å²) in [6.07, 6.45) is 5.78. The Bertz CT molecular complexity index is 604. The molecule has 1 atom stereocenters. The minimum absolute atomic E-state index is 0.716. The predicted octanol–water partition coefficient (Wildman–Crippen LogP) is 2.23. The topological polar surface area (TPSA) is 34.1 Å². The molecule has 0 saturated carbocycles. The Morgan fingerprint density at radius 2 is 1.93 bits per heavy atom. The SMILES string of the molecule is CCNC(=NCC1CCN(C)C1)N1CCN(CC=Cc2ccccc2)CC1. The van der Waals surface area contributed by atoms with Crippen molar-refractivity contribution in [2.45, 2.75) is 13.3 Å². The summed E-state index contributed by atoms with van der Waals surface area (Å²) in [4.78, 5) is 12.3. The molecule has 0 aliphatic carbocycles. The molecule has 0 bridgehead atoms. The summed E-state index contributed by atoms with van der Waals surface area (Å²) in [6, 6.07) is 10.5. The van der Waals surface area contributed by atoms with Crippen molar-refractivity contribution < 1.29 is 0 Å². The fraction of sp³-hybridized carbons (Fsp3) is 0.591. The molecule has 2 fully saturated rings. The first-order valence-electron chi connectivity index (χ1n) is 10.4. The van der Waals surface area contributed by atoms with E-state index in [2.05, 4.69) is 76.5 Å². The van der Waals surface area contributed by atoms with E-state index in [1.165, 1.54) is 25.1 Å². The molecular formula is C22H35N5. The number of guanidine groups is 1. The minimum Gasteiger partial charge on any atom is -0.357 e. The molecule has 2 heterocycles. The quantitative estimate of drug-likeness (QED) is 0.616. The van der Waals surface area contributed by atoms with E-state index in [-0.39, 0.29) is 0 Å². The Kier molecular flexibility index (Phi) is 7.72. The lowest BCUT2D eigenvalue weighted by Gasteiger charge is -2.36. The number of piperazine rings is 1. The molecule has 3 rings (SSSR count). The number of rotatable bonds is 6. The van der Waals surface area contributed by atoms with Crippen LogP contribution < -0.4 is 5.32 Å². The zero-order valence-electron chi connectivity index (χ0n) is 17.0. The number of benzene rings is 1. The molecule has 148 valence electrons. The number of hydrogen-bond donors (Lipinski definition) is 1. The molecule has 2 aliphatic rings. The zero-order chi connectivity index (χ0) is 18.9. The monoisotopic (exact) mass is 369 g/mol. The van der Waals surface area contributed by atoms with Gasteiger partial charge in [0.15, 0.2) is 5.96 Å². The average Bonchev–Trinajstić information content (AvgIpc) is 3.12. The molecule has 1 aromatic carbocycles. The van der Waals surface area contributed by atoms with E-state index < -0.39 is 0 Å². The van der Waals surface area contributed by atoms with Crippen molar-refractivity contribution in [1.82, 2.24) is 20.0 Å². The van der Waals surface area contributed by atoms with E-state index in [4.69, 9.17) is 4.99 Å². The lowest BCUT2D eigenvalue weighted by Crippen LogP contribution is -2.52. The highest BCUT2D eigenvalue weighted by Gasteiger charge is 2.21. The summed E-state index contributed by atoms with van der Waals surface area (Å²) in [5, 5.41) is 3.50. The molecule has 5 nitrogen and oxygen atoms in total. The van der Waals surface area contributed by atoms with Crippen molar-refractivity contribution in [1.29, 1.82) is 0 Å². The van der Waals surface area contributed by atoms with E-state index in [0.29, 0.717) is 5.92 Å². The van der Waals surface area contributed by atoms with Gasteiger partial charge in [0.05, 0.1) is 0 Å². The van der Waals surface area contributed by atoms with E-state index in [1.807, 2.05) is 0 Å². The number of likely N-dealkylation sites (tertiary alicyclic amines) is 1. The van der Waals surface area contributed by atoms with E-state index >= 15 is 0 Å². The fourth-order valence-corrected chi connectivity index (χ4v) is 3.86. The summed E-state index contributed by atoms with van der Waals surface area (Å²) in [7, 11) is 2.21. The summed E-state index contributed by atoms with van der Waals surface area (Å²) < 4.78 is 0. The van der Waals surface area contributed by atoms with Gasteiger partial charge < -0.3 is 15.1 Å². The van der Waals surface area contributed by atoms with Crippen molar-refractivity contribution in [3.8, 4) is 0 Å². The second kappa shape index (κ2) is 10.5. The molecule has 1 aromatic rings.